The Bertz CT molecular complexity index is 870. The van der Waals surface area contributed by atoms with Crippen LogP contribution in [0.3, 0.4) is 0 Å². The molecule has 0 fully saturated rings. The van der Waals surface area contributed by atoms with Crippen LogP contribution < -0.4 is 4.72 Å². The Kier molecular flexibility index (Phi) is 4.88. The van der Waals surface area contributed by atoms with Crippen LogP contribution in [0.5, 0.6) is 0 Å². The molecule has 0 heterocycles. The van der Waals surface area contributed by atoms with Crippen LogP contribution in [0, 0.1) is 20.8 Å². The molecular weight excluding hydrogens is 363 g/mol. The Labute approximate surface area is 143 Å². The second kappa shape index (κ2) is 6.29. The molecule has 1 N–H and O–H groups in total. The number of hydrogen-bond acceptors (Lipinski definition) is 2. The Morgan fingerprint density at radius 1 is 1.00 bits per heavy atom. The van der Waals surface area contributed by atoms with Gasteiger partial charge in [-0.1, -0.05) is 29.3 Å². The van der Waals surface area contributed by atoms with Crippen molar-refractivity contribution in [3.63, 3.8) is 0 Å². The topological polar surface area (TPSA) is 46.2 Å². The Morgan fingerprint density at radius 2 is 1.54 bits per heavy atom. The summed E-state index contributed by atoms with van der Waals surface area (Å²) in [5.41, 5.74) is 0.637. The molecule has 0 bridgehead atoms. The lowest BCUT2D eigenvalue weighted by atomic mass is 10.1. The van der Waals surface area contributed by atoms with Crippen LogP contribution in [0.15, 0.2) is 35.2 Å². The van der Waals surface area contributed by atoms with Crippen molar-refractivity contribution < 1.29 is 21.6 Å². The first-order valence-electron chi connectivity index (χ1n) is 6.89. The van der Waals surface area contributed by atoms with E-state index in [9.17, 15) is 21.6 Å². The Hall–Kier alpha value is -1.73. The molecule has 2 aromatic rings. The first kappa shape index (κ1) is 18.6. The maximum atomic E-state index is 12.9. The predicted octanol–water partition coefficient (Wildman–Crippen LogP) is 5.08. The van der Waals surface area contributed by atoms with Gasteiger partial charge in [-0.15, -0.1) is 0 Å². The van der Waals surface area contributed by atoms with Gasteiger partial charge in [0.25, 0.3) is 10.0 Å². The van der Waals surface area contributed by atoms with Gasteiger partial charge in [-0.3, -0.25) is 4.72 Å². The van der Waals surface area contributed by atoms with Gasteiger partial charge in [-0.25, -0.2) is 8.42 Å². The SMILES string of the molecule is Cc1cc(C)c(S(=O)(=O)Nc2ccc(Cl)c(C(F)(F)F)c2)c(C)c1. The summed E-state index contributed by atoms with van der Waals surface area (Å²) < 4.78 is 66.0. The van der Waals surface area contributed by atoms with Crippen molar-refractivity contribution >= 4 is 27.3 Å². The van der Waals surface area contributed by atoms with Gasteiger partial charge < -0.3 is 0 Å². The van der Waals surface area contributed by atoms with Gasteiger partial charge in [0, 0.05) is 5.69 Å². The third kappa shape index (κ3) is 3.84. The maximum Gasteiger partial charge on any atom is 0.417 e. The van der Waals surface area contributed by atoms with Crippen molar-refractivity contribution in [2.45, 2.75) is 31.8 Å². The third-order valence-corrected chi connectivity index (χ3v) is 5.41. The van der Waals surface area contributed by atoms with Crippen LogP contribution in [-0.2, 0) is 16.2 Å². The van der Waals surface area contributed by atoms with Gasteiger partial charge in [-0.05, 0) is 50.1 Å². The highest BCUT2D eigenvalue weighted by Gasteiger charge is 2.33. The van der Waals surface area contributed by atoms with Crippen LogP contribution in [0.4, 0.5) is 18.9 Å². The average Bonchev–Trinajstić information content (AvgIpc) is 2.37. The molecule has 0 saturated heterocycles. The van der Waals surface area contributed by atoms with E-state index in [-0.39, 0.29) is 10.6 Å². The van der Waals surface area contributed by atoms with E-state index in [0.29, 0.717) is 17.2 Å². The quantitative estimate of drug-likeness (QED) is 0.810. The molecule has 0 aliphatic carbocycles. The zero-order valence-electron chi connectivity index (χ0n) is 13.1. The second-order valence-electron chi connectivity index (χ2n) is 5.53. The zero-order chi connectivity index (χ0) is 18.3. The van der Waals surface area contributed by atoms with E-state index in [1.807, 2.05) is 6.92 Å². The molecule has 0 saturated carbocycles. The minimum atomic E-state index is -4.67. The Morgan fingerprint density at radius 3 is 2.04 bits per heavy atom. The van der Waals surface area contributed by atoms with E-state index in [0.717, 1.165) is 11.6 Å². The molecule has 3 nitrogen and oxygen atoms in total. The number of aryl methyl sites for hydroxylation is 3. The lowest BCUT2D eigenvalue weighted by molar-refractivity contribution is -0.137. The monoisotopic (exact) mass is 377 g/mol. The highest BCUT2D eigenvalue weighted by molar-refractivity contribution is 7.92. The van der Waals surface area contributed by atoms with Crippen LogP contribution in [0.1, 0.15) is 22.3 Å². The first-order valence-corrected chi connectivity index (χ1v) is 8.75. The van der Waals surface area contributed by atoms with Crippen molar-refractivity contribution in [1.29, 1.82) is 0 Å². The van der Waals surface area contributed by atoms with Crippen LogP contribution in [-0.4, -0.2) is 8.42 Å². The minimum absolute atomic E-state index is 0.0524. The first-order chi connectivity index (χ1) is 10.9. The standard InChI is InChI=1S/C16H15ClF3NO2S/c1-9-6-10(2)15(11(3)7-9)24(22,23)21-12-4-5-14(17)13(8-12)16(18,19)20/h4-8,21H,1-3H3. The van der Waals surface area contributed by atoms with Crippen molar-refractivity contribution in [3.8, 4) is 0 Å². The molecule has 24 heavy (non-hydrogen) atoms. The van der Waals surface area contributed by atoms with Crippen LogP contribution in [0.2, 0.25) is 5.02 Å². The molecule has 0 unspecified atom stereocenters. The summed E-state index contributed by atoms with van der Waals surface area (Å²) in [6, 6.07) is 6.28. The van der Waals surface area contributed by atoms with Crippen molar-refractivity contribution in [1.82, 2.24) is 0 Å². The minimum Gasteiger partial charge on any atom is -0.280 e. The van der Waals surface area contributed by atoms with E-state index >= 15 is 0 Å². The second-order valence-corrected chi connectivity index (χ2v) is 7.55. The molecule has 130 valence electrons. The normalized spacial score (nSPS) is 12.3. The largest absolute Gasteiger partial charge is 0.417 e. The third-order valence-electron chi connectivity index (χ3n) is 3.40. The number of alkyl halides is 3. The zero-order valence-corrected chi connectivity index (χ0v) is 14.7. The van der Waals surface area contributed by atoms with E-state index in [1.165, 1.54) is 6.07 Å². The average molecular weight is 378 g/mol. The number of sulfonamides is 1. The van der Waals surface area contributed by atoms with E-state index in [2.05, 4.69) is 4.72 Å². The van der Waals surface area contributed by atoms with Gasteiger partial charge in [0.1, 0.15) is 0 Å². The van der Waals surface area contributed by atoms with Crippen molar-refractivity contribution in [3.05, 3.63) is 57.6 Å². The van der Waals surface area contributed by atoms with Crippen LogP contribution >= 0.6 is 11.6 Å². The summed E-state index contributed by atoms with van der Waals surface area (Å²) in [5.74, 6) is 0. The van der Waals surface area contributed by atoms with Gasteiger partial charge >= 0.3 is 6.18 Å². The van der Waals surface area contributed by atoms with Crippen molar-refractivity contribution in [2.24, 2.45) is 0 Å². The van der Waals surface area contributed by atoms with Gasteiger partial charge in [0.2, 0.25) is 0 Å². The fourth-order valence-electron chi connectivity index (χ4n) is 2.60. The van der Waals surface area contributed by atoms with Gasteiger partial charge in [0.15, 0.2) is 0 Å². The fraction of sp³-hybridized carbons (Fsp3) is 0.250. The smallest absolute Gasteiger partial charge is 0.280 e. The highest BCUT2D eigenvalue weighted by atomic mass is 35.5. The summed E-state index contributed by atoms with van der Waals surface area (Å²) >= 11 is 5.54. The van der Waals surface area contributed by atoms with Gasteiger partial charge in [-0.2, -0.15) is 13.2 Å². The number of benzene rings is 2. The summed E-state index contributed by atoms with van der Waals surface area (Å²) in [4.78, 5) is 0.0524. The molecule has 0 aliphatic rings. The van der Waals surface area contributed by atoms with E-state index in [4.69, 9.17) is 11.6 Å². The van der Waals surface area contributed by atoms with Crippen LogP contribution in [0.25, 0.3) is 0 Å². The molecule has 0 aromatic heterocycles. The lowest BCUT2D eigenvalue weighted by Crippen LogP contribution is -2.16. The fourth-order valence-corrected chi connectivity index (χ4v) is 4.33. The predicted molar refractivity (Wildman–Crippen MR) is 87.9 cm³/mol. The molecule has 0 amide bonds. The molecule has 0 atom stereocenters. The molecule has 0 aliphatic heterocycles. The molecule has 8 heteroatoms. The lowest BCUT2D eigenvalue weighted by Gasteiger charge is -2.15. The molecule has 2 aromatic carbocycles. The van der Waals surface area contributed by atoms with E-state index in [1.54, 1.807) is 26.0 Å². The molecule has 0 spiro atoms. The Balaban J connectivity index is 2.48. The summed E-state index contributed by atoms with van der Waals surface area (Å²) in [6.07, 6.45) is -4.67. The number of nitrogens with one attached hydrogen (secondary N) is 1. The summed E-state index contributed by atoms with van der Waals surface area (Å²) in [5, 5.41) is -0.492. The molecule has 0 radical (unpaired) electrons. The van der Waals surface area contributed by atoms with Crippen molar-refractivity contribution in [2.75, 3.05) is 4.72 Å². The molecule has 2 rings (SSSR count). The number of anilines is 1. The highest BCUT2D eigenvalue weighted by Crippen LogP contribution is 2.36. The summed E-state index contributed by atoms with van der Waals surface area (Å²) in [7, 11) is -4.03. The van der Waals surface area contributed by atoms with E-state index < -0.39 is 26.8 Å². The summed E-state index contributed by atoms with van der Waals surface area (Å²) in [6.45, 7) is 5.10. The molecular formula is C16H15ClF3NO2S. The number of rotatable bonds is 3. The number of hydrogen-bond donors (Lipinski definition) is 1. The maximum absolute atomic E-state index is 12.9. The van der Waals surface area contributed by atoms with Gasteiger partial charge in [0.05, 0.1) is 15.5 Å². The number of halogens is 4.